The molecular formula is C19H14O3. The third kappa shape index (κ3) is 1.94. The van der Waals surface area contributed by atoms with Gasteiger partial charge in [0.05, 0.1) is 5.56 Å². The average molecular weight is 290 g/mol. The molecule has 0 saturated carbocycles. The summed E-state index contributed by atoms with van der Waals surface area (Å²) in [6.07, 6.45) is 3.93. The predicted octanol–water partition coefficient (Wildman–Crippen LogP) is 4.17. The minimum absolute atomic E-state index is 0.308. The van der Waals surface area contributed by atoms with Gasteiger partial charge in [-0.15, -0.1) is 0 Å². The molecule has 1 aliphatic heterocycles. The number of benzene rings is 2. The third-order valence-electron chi connectivity index (χ3n) is 3.99. The molecule has 0 saturated heterocycles. The van der Waals surface area contributed by atoms with Crippen molar-refractivity contribution in [2.24, 2.45) is 0 Å². The van der Waals surface area contributed by atoms with Crippen molar-refractivity contribution in [2.45, 2.75) is 6.92 Å². The van der Waals surface area contributed by atoms with Crippen LogP contribution in [0.1, 0.15) is 11.1 Å². The van der Waals surface area contributed by atoms with E-state index >= 15 is 0 Å². The Hall–Kier alpha value is -2.81. The Bertz CT molecular complexity index is 950. The van der Waals surface area contributed by atoms with Crippen molar-refractivity contribution in [3.63, 3.8) is 0 Å². The van der Waals surface area contributed by atoms with Gasteiger partial charge in [0.15, 0.2) is 0 Å². The lowest BCUT2D eigenvalue weighted by molar-refractivity contribution is 0.359. The van der Waals surface area contributed by atoms with Crippen LogP contribution in [-0.4, -0.2) is 6.61 Å². The number of hydrogen-bond donors (Lipinski definition) is 0. The van der Waals surface area contributed by atoms with E-state index < -0.39 is 0 Å². The SMILES string of the molecule is Cc1c(-c2ccccc2)c(=O)oc2cc3c(cc12)OCC=C3. The van der Waals surface area contributed by atoms with Gasteiger partial charge in [-0.3, -0.25) is 0 Å². The van der Waals surface area contributed by atoms with E-state index in [0.717, 1.165) is 27.8 Å². The van der Waals surface area contributed by atoms with Crippen LogP contribution in [0, 0.1) is 6.92 Å². The summed E-state index contributed by atoms with van der Waals surface area (Å²) in [5, 5.41) is 0.910. The van der Waals surface area contributed by atoms with Crippen LogP contribution in [-0.2, 0) is 0 Å². The van der Waals surface area contributed by atoms with Crippen LogP contribution >= 0.6 is 0 Å². The van der Waals surface area contributed by atoms with Gasteiger partial charge in [0.1, 0.15) is 17.9 Å². The summed E-state index contributed by atoms with van der Waals surface area (Å²) in [5.41, 5.74) is 3.62. The van der Waals surface area contributed by atoms with E-state index in [9.17, 15) is 4.79 Å². The highest BCUT2D eigenvalue weighted by molar-refractivity contribution is 5.90. The van der Waals surface area contributed by atoms with E-state index in [0.29, 0.717) is 17.8 Å². The number of fused-ring (bicyclic) bond motifs is 2. The minimum atomic E-state index is -0.308. The molecule has 3 nitrogen and oxygen atoms in total. The molecular weight excluding hydrogens is 276 g/mol. The van der Waals surface area contributed by atoms with Crippen LogP contribution in [0.4, 0.5) is 0 Å². The molecule has 108 valence electrons. The maximum Gasteiger partial charge on any atom is 0.344 e. The lowest BCUT2D eigenvalue weighted by Crippen LogP contribution is -2.07. The summed E-state index contributed by atoms with van der Waals surface area (Å²) in [6.45, 7) is 2.52. The normalized spacial score (nSPS) is 13.0. The van der Waals surface area contributed by atoms with Gasteiger partial charge in [0.2, 0.25) is 0 Å². The first kappa shape index (κ1) is 12.9. The maximum absolute atomic E-state index is 12.4. The second kappa shape index (κ2) is 4.88. The molecule has 0 N–H and O–H groups in total. The second-order valence-corrected chi connectivity index (χ2v) is 5.36. The fourth-order valence-corrected chi connectivity index (χ4v) is 2.90. The molecule has 0 aliphatic carbocycles. The minimum Gasteiger partial charge on any atom is -0.489 e. The summed E-state index contributed by atoms with van der Waals surface area (Å²) in [4.78, 5) is 12.4. The molecule has 1 aliphatic rings. The number of rotatable bonds is 1. The van der Waals surface area contributed by atoms with Crippen molar-refractivity contribution in [1.29, 1.82) is 0 Å². The summed E-state index contributed by atoms with van der Waals surface area (Å²) in [7, 11) is 0. The molecule has 0 bridgehead atoms. The molecule has 0 radical (unpaired) electrons. The molecule has 1 aromatic heterocycles. The van der Waals surface area contributed by atoms with E-state index in [-0.39, 0.29) is 5.63 Å². The van der Waals surface area contributed by atoms with E-state index in [4.69, 9.17) is 9.15 Å². The van der Waals surface area contributed by atoms with E-state index in [2.05, 4.69) is 0 Å². The summed E-state index contributed by atoms with van der Waals surface area (Å²) in [5.74, 6) is 0.825. The topological polar surface area (TPSA) is 39.4 Å². The van der Waals surface area contributed by atoms with Gasteiger partial charge in [-0.1, -0.05) is 36.4 Å². The van der Waals surface area contributed by atoms with Crippen LogP contribution in [0.25, 0.3) is 28.2 Å². The summed E-state index contributed by atoms with van der Waals surface area (Å²) < 4.78 is 11.2. The smallest absolute Gasteiger partial charge is 0.344 e. The van der Waals surface area contributed by atoms with E-state index in [1.165, 1.54) is 0 Å². The third-order valence-corrected chi connectivity index (χ3v) is 3.99. The molecule has 3 heteroatoms. The van der Waals surface area contributed by atoms with Crippen molar-refractivity contribution in [1.82, 2.24) is 0 Å². The van der Waals surface area contributed by atoms with Gasteiger partial charge in [-0.25, -0.2) is 4.79 Å². The first-order valence-corrected chi connectivity index (χ1v) is 7.20. The molecule has 3 aromatic rings. The van der Waals surface area contributed by atoms with Crippen molar-refractivity contribution in [3.8, 4) is 16.9 Å². The fraction of sp³-hybridized carbons (Fsp3) is 0.105. The lowest BCUT2D eigenvalue weighted by Gasteiger charge is -2.14. The van der Waals surface area contributed by atoms with Crippen LogP contribution in [0.15, 0.2) is 57.8 Å². The van der Waals surface area contributed by atoms with E-state index in [1.807, 2.05) is 61.5 Å². The van der Waals surface area contributed by atoms with Gasteiger partial charge in [-0.2, -0.15) is 0 Å². The Labute approximate surface area is 127 Å². The fourth-order valence-electron chi connectivity index (χ4n) is 2.90. The van der Waals surface area contributed by atoms with Crippen LogP contribution in [0.3, 0.4) is 0 Å². The Morgan fingerprint density at radius 3 is 2.73 bits per heavy atom. The zero-order chi connectivity index (χ0) is 15.1. The molecule has 4 rings (SSSR count). The largest absolute Gasteiger partial charge is 0.489 e. The van der Waals surface area contributed by atoms with Gasteiger partial charge in [0, 0.05) is 10.9 Å². The molecule has 0 atom stereocenters. The van der Waals surface area contributed by atoms with Gasteiger partial charge >= 0.3 is 5.63 Å². The Morgan fingerprint density at radius 1 is 1.09 bits per heavy atom. The molecule has 22 heavy (non-hydrogen) atoms. The summed E-state index contributed by atoms with van der Waals surface area (Å²) in [6, 6.07) is 13.4. The number of aryl methyl sites for hydroxylation is 1. The average Bonchev–Trinajstić information content (AvgIpc) is 2.54. The van der Waals surface area contributed by atoms with E-state index in [1.54, 1.807) is 0 Å². The second-order valence-electron chi connectivity index (χ2n) is 5.36. The Morgan fingerprint density at radius 2 is 1.91 bits per heavy atom. The van der Waals surface area contributed by atoms with Crippen LogP contribution < -0.4 is 10.4 Å². The standard InChI is InChI=1S/C19H14O3/c1-12-15-11-16-14(8-5-9-21-16)10-17(15)22-19(20)18(12)13-6-3-2-4-7-13/h2-8,10-11H,9H2,1H3. The number of hydrogen-bond acceptors (Lipinski definition) is 3. The Balaban J connectivity index is 2.05. The predicted molar refractivity (Wildman–Crippen MR) is 87.2 cm³/mol. The highest BCUT2D eigenvalue weighted by atomic mass is 16.5. The first-order chi connectivity index (χ1) is 10.7. The molecule has 2 aromatic carbocycles. The molecule has 0 spiro atoms. The number of ether oxygens (including phenoxy) is 1. The molecule has 0 fully saturated rings. The zero-order valence-electron chi connectivity index (χ0n) is 12.1. The maximum atomic E-state index is 12.4. The lowest BCUT2D eigenvalue weighted by atomic mass is 9.98. The molecule has 2 heterocycles. The van der Waals surface area contributed by atoms with Crippen molar-refractivity contribution < 1.29 is 9.15 Å². The Kier molecular flexibility index (Phi) is 2.86. The quantitative estimate of drug-likeness (QED) is 0.631. The molecule has 0 unspecified atom stereocenters. The van der Waals surface area contributed by atoms with Gasteiger partial charge < -0.3 is 9.15 Å². The molecule has 0 amide bonds. The summed E-state index contributed by atoms with van der Waals surface area (Å²) >= 11 is 0. The van der Waals surface area contributed by atoms with Gasteiger partial charge in [-0.05, 0) is 36.3 Å². The van der Waals surface area contributed by atoms with Crippen LogP contribution in [0.5, 0.6) is 5.75 Å². The van der Waals surface area contributed by atoms with Crippen molar-refractivity contribution in [3.05, 3.63) is 70.1 Å². The van der Waals surface area contributed by atoms with Crippen LogP contribution in [0.2, 0.25) is 0 Å². The van der Waals surface area contributed by atoms with Gasteiger partial charge in [0.25, 0.3) is 0 Å². The van der Waals surface area contributed by atoms with Crippen molar-refractivity contribution >= 4 is 17.0 Å². The first-order valence-electron chi connectivity index (χ1n) is 7.20. The van der Waals surface area contributed by atoms with Crippen molar-refractivity contribution in [2.75, 3.05) is 6.61 Å². The highest BCUT2D eigenvalue weighted by Gasteiger charge is 2.16. The monoisotopic (exact) mass is 290 g/mol. The highest BCUT2D eigenvalue weighted by Crippen LogP contribution is 2.33. The zero-order valence-corrected chi connectivity index (χ0v) is 12.1.